The van der Waals surface area contributed by atoms with Gasteiger partial charge < -0.3 is 19.5 Å². The van der Waals surface area contributed by atoms with Gasteiger partial charge in [0.25, 0.3) is 11.5 Å². The molecule has 2 aromatic heterocycles. The summed E-state index contributed by atoms with van der Waals surface area (Å²) < 4.78 is 11.2. The van der Waals surface area contributed by atoms with Crippen LogP contribution in [0.1, 0.15) is 21.7 Å². The van der Waals surface area contributed by atoms with Crippen LogP contribution < -0.4 is 21.3 Å². The summed E-state index contributed by atoms with van der Waals surface area (Å²) in [5.74, 6) is 0.658. The molecule has 0 atom stereocenters. The molecule has 2 heterocycles. The van der Waals surface area contributed by atoms with Crippen LogP contribution in [-0.2, 0) is 13.0 Å². The second-order valence-corrected chi connectivity index (χ2v) is 5.83. The number of nitrogens with one attached hydrogen (secondary N) is 2. The first-order chi connectivity index (χ1) is 13.1. The Morgan fingerprint density at radius 2 is 2.00 bits per heavy atom. The zero-order chi connectivity index (χ0) is 19.2. The van der Waals surface area contributed by atoms with Gasteiger partial charge in [0.1, 0.15) is 17.1 Å². The molecule has 0 saturated heterocycles. The fourth-order valence-electron chi connectivity index (χ4n) is 2.58. The number of aromatic nitrogens is 2. The minimum absolute atomic E-state index is 0.0475. The third-order valence-electron chi connectivity index (χ3n) is 4.06. The van der Waals surface area contributed by atoms with E-state index < -0.39 is 17.2 Å². The van der Waals surface area contributed by atoms with Gasteiger partial charge in [-0.05, 0) is 36.2 Å². The molecule has 0 unspecified atom stereocenters. The number of carbonyl (C=O) groups is 1. The maximum atomic E-state index is 12.5. The lowest BCUT2D eigenvalue weighted by Crippen LogP contribution is -2.41. The van der Waals surface area contributed by atoms with Gasteiger partial charge in [0.2, 0.25) is 0 Å². The number of H-pyrrole nitrogens is 1. The quantitative estimate of drug-likeness (QED) is 0.650. The number of methoxy groups -OCH3 is 1. The normalized spacial score (nSPS) is 10.6. The van der Waals surface area contributed by atoms with Gasteiger partial charge in [-0.2, -0.15) is 0 Å². The number of rotatable bonds is 7. The molecular formula is C19H19N3O5. The molecule has 0 saturated carbocycles. The first-order valence-electron chi connectivity index (χ1n) is 8.34. The molecule has 27 heavy (non-hydrogen) atoms. The first-order valence-corrected chi connectivity index (χ1v) is 8.34. The number of benzene rings is 1. The van der Waals surface area contributed by atoms with Gasteiger partial charge in [-0.15, -0.1) is 0 Å². The Labute approximate surface area is 154 Å². The van der Waals surface area contributed by atoms with Crippen LogP contribution >= 0.6 is 0 Å². The van der Waals surface area contributed by atoms with Crippen LogP contribution in [0.3, 0.4) is 0 Å². The third-order valence-corrected chi connectivity index (χ3v) is 4.06. The fraction of sp³-hybridized carbons (Fsp3) is 0.211. The zero-order valence-electron chi connectivity index (χ0n) is 14.7. The van der Waals surface area contributed by atoms with Crippen LogP contribution in [0, 0.1) is 0 Å². The van der Waals surface area contributed by atoms with E-state index in [-0.39, 0.29) is 12.1 Å². The number of ether oxygens (including phenoxy) is 1. The average molecular weight is 369 g/mol. The van der Waals surface area contributed by atoms with Gasteiger partial charge in [-0.3, -0.25) is 14.2 Å². The van der Waals surface area contributed by atoms with Crippen LogP contribution in [0.15, 0.2) is 62.9 Å². The molecule has 1 amide bonds. The smallest absolute Gasteiger partial charge is 0.328 e. The summed E-state index contributed by atoms with van der Waals surface area (Å²) in [6, 6.07) is 10.8. The molecular weight excluding hydrogens is 350 g/mol. The lowest BCUT2D eigenvalue weighted by molar-refractivity contribution is 0.0951. The minimum Gasteiger partial charge on any atom is -0.497 e. The zero-order valence-corrected chi connectivity index (χ0v) is 14.7. The molecule has 0 aliphatic carbocycles. The molecule has 0 fully saturated rings. The molecule has 0 radical (unpaired) electrons. The van der Waals surface area contributed by atoms with Crippen molar-refractivity contribution in [3.8, 4) is 5.75 Å². The van der Waals surface area contributed by atoms with Crippen LogP contribution in [0.25, 0.3) is 0 Å². The number of furan rings is 1. The molecule has 2 N–H and O–H groups in total. The number of hydrogen-bond donors (Lipinski definition) is 2. The Morgan fingerprint density at radius 1 is 1.22 bits per heavy atom. The highest BCUT2D eigenvalue weighted by molar-refractivity contribution is 5.93. The molecule has 8 heteroatoms. The van der Waals surface area contributed by atoms with Gasteiger partial charge in [0.05, 0.1) is 19.9 Å². The number of carbonyl (C=O) groups excluding carboxylic acids is 1. The maximum absolute atomic E-state index is 12.5. The molecule has 0 bridgehead atoms. The van der Waals surface area contributed by atoms with E-state index in [1.165, 1.54) is 6.26 Å². The lowest BCUT2D eigenvalue weighted by atomic mass is 10.1. The summed E-state index contributed by atoms with van der Waals surface area (Å²) in [4.78, 5) is 39.2. The second kappa shape index (κ2) is 8.22. The molecule has 8 nitrogen and oxygen atoms in total. The van der Waals surface area contributed by atoms with Crippen molar-refractivity contribution in [3.05, 3.63) is 86.6 Å². The van der Waals surface area contributed by atoms with E-state index in [0.717, 1.165) is 22.1 Å². The molecule has 3 aromatic rings. The fourth-order valence-corrected chi connectivity index (χ4v) is 2.58. The Morgan fingerprint density at radius 3 is 2.67 bits per heavy atom. The third kappa shape index (κ3) is 4.35. The molecule has 0 spiro atoms. The van der Waals surface area contributed by atoms with Crippen molar-refractivity contribution in [2.45, 2.75) is 13.0 Å². The summed E-state index contributed by atoms with van der Waals surface area (Å²) in [6.07, 6.45) is 3.18. The van der Waals surface area contributed by atoms with Crippen molar-refractivity contribution in [2.24, 2.45) is 0 Å². The number of nitrogens with zero attached hydrogens (tertiary/aromatic N) is 1. The number of amides is 1. The first kappa shape index (κ1) is 18.2. The van der Waals surface area contributed by atoms with Crippen LogP contribution in [-0.4, -0.2) is 29.1 Å². The summed E-state index contributed by atoms with van der Waals surface area (Å²) in [6.45, 7) is 0.302. The summed E-state index contributed by atoms with van der Waals surface area (Å²) in [5, 5.41) is 2.69. The van der Waals surface area contributed by atoms with Gasteiger partial charge in [0, 0.05) is 12.7 Å². The molecule has 3 rings (SSSR count). The van der Waals surface area contributed by atoms with E-state index in [0.29, 0.717) is 18.7 Å². The van der Waals surface area contributed by atoms with Gasteiger partial charge >= 0.3 is 5.69 Å². The lowest BCUT2D eigenvalue weighted by Gasteiger charge is -2.08. The highest BCUT2D eigenvalue weighted by atomic mass is 16.5. The molecule has 0 aliphatic rings. The Hall–Kier alpha value is -3.55. The van der Waals surface area contributed by atoms with Crippen molar-refractivity contribution >= 4 is 5.91 Å². The van der Waals surface area contributed by atoms with E-state index in [1.54, 1.807) is 19.2 Å². The van der Waals surface area contributed by atoms with Crippen molar-refractivity contribution in [3.63, 3.8) is 0 Å². The topological polar surface area (TPSA) is 106 Å². The van der Waals surface area contributed by atoms with Gasteiger partial charge in [-0.25, -0.2) is 4.79 Å². The summed E-state index contributed by atoms with van der Waals surface area (Å²) in [5.41, 5.74) is -0.382. The highest BCUT2D eigenvalue weighted by Crippen LogP contribution is 2.11. The Balaban J connectivity index is 1.67. The van der Waals surface area contributed by atoms with E-state index >= 15 is 0 Å². The van der Waals surface area contributed by atoms with Gasteiger partial charge in [-0.1, -0.05) is 12.1 Å². The van der Waals surface area contributed by atoms with Crippen LogP contribution in [0.5, 0.6) is 5.75 Å². The monoisotopic (exact) mass is 369 g/mol. The predicted octanol–water partition coefficient (Wildman–Crippen LogP) is 1.16. The van der Waals surface area contributed by atoms with Crippen LogP contribution in [0.4, 0.5) is 0 Å². The summed E-state index contributed by atoms with van der Waals surface area (Å²) >= 11 is 0. The standard InChI is InChI=1S/C19H19N3O5/c1-26-14-6-4-13(5-7-14)8-9-20-17(23)16-11-21-19(25)22(18(16)24)12-15-3-2-10-27-15/h2-7,10-11H,8-9,12H2,1H3,(H,20,23)(H,21,25). The maximum Gasteiger partial charge on any atom is 0.328 e. The number of aromatic amines is 1. The number of hydrogen-bond acceptors (Lipinski definition) is 5. The summed E-state index contributed by atoms with van der Waals surface area (Å²) in [7, 11) is 1.60. The van der Waals surface area contributed by atoms with Crippen molar-refractivity contribution in [2.75, 3.05) is 13.7 Å². The molecule has 1 aromatic carbocycles. The SMILES string of the molecule is COc1ccc(CCNC(=O)c2c[nH]c(=O)n(Cc3ccco3)c2=O)cc1. The van der Waals surface area contributed by atoms with Gasteiger partial charge in [0.15, 0.2) is 0 Å². The van der Waals surface area contributed by atoms with Crippen LogP contribution in [0.2, 0.25) is 0 Å². The Kier molecular flexibility index (Phi) is 5.55. The minimum atomic E-state index is -0.669. The van der Waals surface area contributed by atoms with Crippen molar-refractivity contribution in [1.29, 1.82) is 0 Å². The predicted molar refractivity (Wildman–Crippen MR) is 98.2 cm³/mol. The highest BCUT2D eigenvalue weighted by Gasteiger charge is 2.15. The second-order valence-electron chi connectivity index (χ2n) is 5.83. The average Bonchev–Trinajstić information content (AvgIpc) is 3.19. The molecule has 0 aliphatic heterocycles. The van der Waals surface area contributed by atoms with E-state index in [9.17, 15) is 14.4 Å². The largest absolute Gasteiger partial charge is 0.497 e. The van der Waals surface area contributed by atoms with E-state index in [4.69, 9.17) is 9.15 Å². The molecule has 140 valence electrons. The Bertz CT molecular complexity index is 1020. The van der Waals surface area contributed by atoms with Crippen molar-refractivity contribution in [1.82, 2.24) is 14.9 Å². The van der Waals surface area contributed by atoms with Crippen molar-refractivity contribution < 1.29 is 13.9 Å². The van der Waals surface area contributed by atoms with E-state index in [2.05, 4.69) is 10.3 Å². The van der Waals surface area contributed by atoms with E-state index in [1.807, 2.05) is 24.3 Å².